The Morgan fingerprint density at radius 3 is 2.37 bits per heavy atom. The normalized spacial score (nSPS) is 39.5. The molecule has 0 aliphatic heterocycles. The first kappa shape index (κ1) is 11.7. The molecule has 4 fully saturated rings. The van der Waals surface area contributed by atoms with Gasteiger partial charge in [0, 0.05) is 29.2 Å². The molecule has 4 aliphatic rings. The average Bonchev–Trinajstić information content (AvgIpc) is 2.37. The first-order valence-electron chi connectivity index (χ1n) is 7.58. The van der Waals surface area contributed by atoms with Gasteiger partial charge in [0.15, 0.2) is 0 Å². The van der Waals surface area contributed by atoms with Gasteiger partial charge in [0.05, 0.1) is 6.61 Å². The van der Waals surface area contributed by atoms with Gasteiger partial charge in [-0.05, 0) is 62.3 Å². The molecule has 3 heteroatoms. The maximum atomic E-state index is 9.45. The first-order valence-corrected chi connectivity index (χ1v) is 7.58. The van der Waals surface area contributed by atoms with E-state index in [4.69, 9.17) is 0 Å². The van der Waals surface area contributed by atoms with E-state index in [2.05, 4.69) is 10.3 Å². The number of aliphatic hydroxyl groups is 1. The Kier molecular flexibility index (Phi) is 2.59. The van der Waals surface area contributed by atoms with E-state index in [-0.39, 0.29) is 6.61 Å². The summed E-state index contributed by atoms with van der Waals surface area (Å²) in [6.07, 6.45) is 12.0. The van der Waals surface area contributed by atoms with Crippen molar-refractivity contribution < 1.29 is 5.11 Å². The van der Waals surface area contributed by atoms with Crippen molar-refractivity contribution in [3.8, 4) is 0 Å². The number of pyridine rings is 1. The molecule has 3 nitrogen and oxygen atoms in total. The smallest absolute Gasteiger partial charge is 0.0717 e. The Morgan fingerprint density at radius 2 is 1.79 bits per heavy atom. The number of anilines is 1. The van der Waals surface area contributed by atoms with E-state index in [0.29, 0.717) is 5.54 Å². The quantitative estimate of drug-likeness (QED) is 0.876. The fraction of sp³-hybridized carbons (Fsp3) is 0.688. The summed E-state index contributed by atoms with van der Waals surface area (Å²) < 4.78 is 0. The van der Waals surface area contributed by atoms with Crippen molar-refractivity contribution in [1.82, 2.24) is 4.98 Å². The van der Waals surface area contributed by atoms with Gasteiger partial charge < -0.3 is 10.4 Å². The number of nitrogens with zero attached hydrogens (tertiary/aromatic N) is 1. The molecular formula is C16H22N2O. The monoisotopic (exact) mass is 258 g/mol. The number of hydrogen-bond acceptors (Lipinski definition) is 3. The maximum absolute atomic E-state index is 9.45. The molecule has 4 aliphatic carbocycles. The van der Waals surface area contributed by atoms with Crippen molar-refractivity contribution in [2.75, 3.05) is 5.32 Å². The van der Waals surface area contributed by atoms with E-state index < -0.39 is 0 Å². The van der Waals surface area contributed by atoms with Crippen LogP contribution in [0.1, 0.15) is 44.1 Å². The van der Waals surface area contributed by atoms with Gasteiger partial charge in [-0.3, -0.25) is 4.98 Å². The second kappa shape index (κ2) is 4.20. The summed E-state index contributed by atoms with van der Waals surface area (Å²) >= 11 is 0. The van der Waals surface area contributed by atoms with Gasteiger partial charge >= 0.3 is 0 Å². The third-order valence-corrected chi connectivity index (χ3v) is 5.51. The van der Waals surface area contributed by atoms with Crippen molar-refractivity contribution in [2.45, 2.75) is 50.7 Å². The standard InChI is InChI=1S/C16H22N2O/c19-10-14-9-17-2-1-15(14)18-16-6-11-3-12(7-16)5-13(4-11)8-16/h1-2,9,11-13,19H,3-8,10H2,(H,17,18). The Bertz CT molecular complexity index is 450. The molecule has 0 saturated heterocycles. The molecule has 4 bridgehead atoms. The molecule has 4 saturated carbocycles. The fourth-order valence-corrected chi connectivity index (χ4v) is 5.22. The summed E-state index contributed by atoms with van der Waals surface area (Å²) in [4.78, 5) is 4.11. The molecule has 19 heavy (non-hydrogen) atoms. The number of aromatic nitrogens is 1. The maximum Gasteiger partial charge on any atom is 0.0717 e. The molecule has 0 atom stereocenters. The molecular weight excluding hydrogens is 236 g/mol. The van der Waals surface area contributed by atoms with E-state index in [9.17, 15) is 5.11 Å². The average molecular weight is 258 g/mol. The molecule has 1 aromatic heterocycles. The Labute approximate surface area is 114 Å². The number of aliphatic hydroxyl groups excluding tert-OH is 1. The Morgan fingerprint density at radius 1 is 1.16 bits per heavy atom. The summed E-state index contributed by atoms with van der Waals surface area (Å²) in [6, 6.07) is 2.02. The lowest BCUT2D eigenvalue weighted by atomic mass is 9.53. The fourth-order valence-electron chi connectivity index (χ4n) is 5.22. The third kappa shape index (κ3) is 1.95. The summed E-state index contributed by atoms with van der Waals surface area (Å²) in [7, 11) is 0. The van der Waals surface area contributed by atoms with E-state index in [1.807, 2.05) is 12.3 Å². The van der Waals surface area contributed by atoms with Crippen molar-refractivity contribution in [1.29, 1.82) is 0 Å². The van der Waals surface area contributed by atoms with Crippen LogP contribution in [0.5, 0.6) is 0 Å². The predicted molar refractivity (Wildman–Crippen MR) is 74.7 cm³/mol. The number of hydrogen-bond donors (Lipinski definition) is 2. The van der Waals surface area contributed by atoms with Gasteiger partial charge in [0.25, 0.3) is 0 Å². The second-order valence-corrected chi connectivity index (χ2v) is 7.01. The topological polar surface area (TPSA) is 45.2 Å². The molecule has 1 heterocycles. The lowest BCUT2D eigenvalue weighted by Crippen LogP contribution is -2.54. The number of rotatable bonds is 3. The zero-order chi connectivity index (χ0) is 12.9. The van der Waals surface area contributed by atoms with Crippen LogP contribution < -0.4 is 5.32 Å². The van der Waals surface area contributed by atoms with Crippen LogP contribution in [0.15, 0.2) is 18.5 Å². The van der Waals surface area contributed by atoms with Gasteiger partial charge in [0.2, 0.25) is 0 Å². The van der Waals surface area contributed by atoms with Crippen LogP contribution >= 0.6 is 0 Å². The lowest BCUT2D eigenvalue weighted by Gasteiger charge is -2.57. The molecule has 0 amide bonds. The molecule has 2 N–H and O–H groups in total. The van der Waals surface area contributed by atoms with Crippen molar-refractivity contribution in [3.05, 3.63) is 24.0 Å². The van der Waals surface area contributed by atoms with Gasteiger partial charge in [-0.1, -0.05) is 0 Å². The zero-order valence-electron chi connectivity index (χ0n) is 11.3. The Balaban J connectivity index is 1.62. The van der Waals surface area contributed by atoms with Crippen LogP contribution in [0.3, 0.4) is 0 Å². The number of nitrogens with one attached hydrogen (secondary N) is 1. The highest BCUT2D eigenvalue weighted by Gasteiger charge is 2.50. The van der Waals surface area contributed by atoms with Gasteiger partial charge in [-0.25, -0.2) is 0 Å². The summed E-state index contributed by atoms with van der Waals surface area (Å²) in [5, 5.41) is 13.3. The van der Waals surface area contributed by atoms with Crippen LogP contribution in [-0.2, 0) is 6.61 Å². The predicted octanol–water partition coefficient (Wildman–Crippen LogP) is 2.95. The van der Waals surface area contributed by atoms with E-state index in [1.54, 1.807) is 6.20 Å². The highest BCUT2D eigenvalue weighted by Crippen LogP contribution is 2.56. The minimum atomic E-state index is 0.0720. The van der Waals surface area contributed by atoms with E-state index in [0.717, 1.165) is 29.0 Å². The third-order valence-electron chi connectivity index (χ3n) is 5.51. The summed E-state index contributed by atoms with van der Waals surface area (Å²) in [6.45, 7) is 0.0720. The van der Waals surface area contributed by atoms with Crippen LogP contribution in [0.2, 0.25) is 0 Å². The van der Waals surface area contributed by atoms with Gasteiger partial charge in [0.1, 0.15) is 0 Å². The zero-order valence-corrected chi connectivity index (χ0v) is 11.3. The Hall–Kier alpha value is -1.09. The van der Waals surface area contributed by atoms with Crippen LogP contribution in [-0.4, -0.2) is 15.6 Å². The highest BCUT2D eigenvalue weighted by molar-refractivity contribution is 5.51. The minimum Gasteiger partial charge on any atom is -0.392 e. The van der Waals surface area contributed by atoms with Crippen molar-refractivity contribution in [2.24, 2.45) is 17.8 Å². The van der Waals surface area contributed by atoms with Crippen LogP contribution in [0.4, 0.5) is 5.69 Å². The first-order chi connectivity index (χ1) is 9.26. The molecule has 0 spiro atoms. The van der Waals surface area contributed by atoms with Crippen LogP contribution in [0.25, 0.3) is 0 Å². The van der Waals surface area contributed by atoms with E-state index >= 15 is 0 Å². The van der Waals surface area contributed by atoms with Gasteiger partial charge in [-0.2, -0.15) is 0 Å². The minimum absolute atomic E-state index is 0.0720. The van der Waals surface area contributed by atoms with Crippen LogP contribution in [0, 0.1) is 17.8 Å². The molecule has 0 unspecified atom stereocenters. The van der Waals surface area contributed by atoms with Crippen molar-refractivity contribution in [3.63, 3.8) is 0 Å². The second-order valence-electron chi connectivity index (χ2n) is 7.01. The molecule has 5 rings (SSSR count). The lowest BCUT2D eigenvalue weighted by molar-refractivity contribution is 0.0106. The van der Waals surface area contributed by atoms with Crippen molar-refractivity contribution >= 4 is 5.69 Å². The van der Waals surface area contributed by atoms with Gasteiger partial charge in [-0.15, -0.1) is 0 Å². The summed E-state index contributed by atoms with van der Waals surface area (Å²) in [5.74, 6) is 2.83. The molecule has 0 aromatic carbocycles. The largest absolute Gasteiger partial charge is 0.392 e. The highest BCUT2D eigenvalue weighted by atomic mass is 16.3. The van der Waals surface area contributed by atoms with E-state index in [1.165, 1.54) is 38.5 Å². The molecule has 1 aromatic rings. The molecule has 0 radical (unpaired) electrons. The summed E-state index contributed by atoms with van der Waals surface area (Å²) in [5.41, 5.74) is 2.33. The molecule has 102 valence electrons. The SMILES string of the molecule is OCc1cnccc1NC12CC3CC(CC(C3)C1)C2.